The number of nitrogens with zero attached hydrogens (tertiary/aromatic N) is 5. The van der Waals surface area contributed by atoms with Gasteiger partial charge in [-0.1, -0.05) is 12.1 Å². The number of benzene rings is 1. The van der Waals surface area contributed by atoms with E-state index in [1.807, 2.05) is 39.5 Å². The number of hydrogen-bond donors (Lipinski definition) is 0. The molecule has 0 bridgehead atoms. The molecule has 0 saturated carbocycles. The van der Waals surface area contributed by atoms with Crippen molar-refractivity contribution in [3.05, 3.63) is 52.9 Å². The molecule has 4 heterocycles. The Bertz CT molecular complexity index is 1020. The van der Waals surface area contributed by atoms with E-state index < -0.39 is 0 Å². The highest BCUT2D eigenvalue weighted by Crippen LogP contribution is 2.32. The Hall–Kier alpha value is -2.42. The topological polar surface area (TPSA) is 47.2 Å². The first-order valence-electron chi connectivity index (χ1n) is 9.14. The Morgan fingerprint density at radius 2 is 1.78 bits per heavy atom. The zero-order chi connectivity index (χ0) is 18.2. The highest BCUT2D eigenvalue weighted by atomic mass is 32.1. The molecule has 8 heteroatoms. The van der Waals surface area contributed by atoms with E-state index in [1.54, 1.807) is 0 Å². The van der Waals surface area contributed by atoms with Crippen LogP contribution in [0.1, 0.15) is 5.56 Å². The van der Waals surface area contributed by atoms with Gasteiger partial charge < -0.3 is 9.47 Å². The van der Waals surface area contributed by atoms with Gasteiger partial charge >= 0.3 is 0 Å². The molecule has 2 aliphatic rings. The standard InChI is InChI=1S/C19H21N5O2S/c27-19-23-6-2-1-3-18(23)20-24(19)13-22-9-7-21(8-10-22)12-15-4-5-16-17(11-15)26-14-25-16/h1-6,11H,7-10,12-14H2. The molecule has 27 heavy (non-hydrogen) atoms. The molecule has 2 aliphatic heterocycles. The van der Waals surface area contributed by atoms with Crippen molar-refractivity contribution < 1.29 is 9.47 Å². The van der Waals surface area contributed by atoms with Crippen LogP contribution in [0.25, 0.3) is 5.65 Å². The van der Waals surface area contributed by atoms with Gasteiger partial charge in [-0.3, -0.25) is 14.2 Å². The molecular weight excluding hydrogens is 362 g/mol. The monoisotopic (exact) mass is 383 g/mol. The quantitative estimate of drug-likeness (QED) is 0.645. The third-order valence-electron chi connectivity index (χ3n) is 5.13. The first kappa shape index (κ1) is 16.7. The Morgan fingerprint density at radius 3 is 2.63 bits per heavy atom. The predicted molar refractivity (Wildman–Crippen MR) is 103 cm³/mol. The van der Waals surface area contributed by atoms with Crippen LogP contribution in [0.15, 0.2) is 42.6 Å². The summed E-state index contributed by atoms with van der Waals surface area (Å²) in [5, 5.41) is 4.62. The zero-order valence-corrected chi connectivity index (χ0v) is 15.8. The largest absolute Gasteiger partial charge is 0.454 e. The molecule has 1 fully saturated rings. The van der Waals surface area contributed by atoms with Crippen molar-refractivity contribution in [2.45, 2.75) is 13.2 Å². The van der Waals surface area contributed by atoms with E-state index in [0.29, 0.717) is 6.79 Å². The van der Waals surface area contributed by atoms with Gasteiger partial charge in [0.15, 0.2) is 17.1 Å². The molecule has 0 unspecified atom stereocenters. The van der Waals surface area contributed by atoms with Gasteiger partial charge in [-0.2, -0.15) is 5.10 Å². The van der Waals surface area contributed by atoms with Gasteiger partial charge in [-0.05, 0) is 42.0 Å². The molecule has 7 nitrogen and oxygen atoms in total. The molecule has 3 aromatic rings. The first-order chi connectivity index (χ1) is 13.3. The average molecular weight is 383 g/mol. The number of aromatic nitrogens is 3. The normalized spacial score (nSPS) is 17.6. The second-order valence-electron chi connectivity index (χ2n) is 6.93. The minimum Gasteiger partial charge on any atom is -0.454 e. The number of piperazine rings is 1. The summed E-state index contributed by atoms with van der Waals surface area (Å²) >= 11 is 5.55. The number of hydrogen-bond acceptors (Lipinski definition) is 6. The molecule has 1 aromatic carbocycles. The van der Waals surface area contributed by atoms with Gasteiger partial charge in [0, 0.05) is 38.9 Å². The molecule has 0 aliphatic carbocycles. The molecular formula is C19H21N5O2S. The maximum Gasteiger partial charge on any atom is 0.231 e. The summed E-state index contributed by atoms with van der Waals surface area (Å²) in [6.45, 7) is 6.03. The lowest BCUT2D eigenvalue weighted by molar-refractivity contribution is 0.0982. The van der Waals surface area contributed by atoms with Crippen LogP contribution in [0, 0.1) is 4.77 Å². The van der Waals surface area contributed by atoms with Crippen molar-refractivity contribution in [3.8, 4) is 11.5 Å². The van der Waals surface area contributed by atoms with E-state index >= 15 is 0 Å². The molecule has 0 spiro atoms. The van der Waals surface area contributed by atoms with Crippen LogP contribution in [0.3, 0.4) is 0 Å². The van der Waals surface area contributed by atoms with Crippen LogP contribution in [0.5, 0.6) is 11.5 Å². The van der Waals surface area contributed by atoms with Gasteiger partial charge in [0.05, 0.1) is 6.67 Å². The van der Waals surface area contributed by atoms with Crippen molar-refractivity contribution in [1.82, 2.24) is 24.0 Å². The molecule has 0 atom stereocenters. The van der Waals surface area contributed by atoms with E-state index in [9.17, 15) is 0 Å². The molecule has 0 amide bonds. The number of rotatable bonds is 4. The number of pyridine rings is 1. The van der Waals surface area contributed by atoms with Crippen LogP contribution in [-0.2, 0) is 13.2 Å². The summed E-state index contributed by atoms with van der Waals surface area (Å²) in [6.07, 6.45) is 1.96. The van der Waals surface area contributed by atoms with Gasteiger partial charge in [0.2, 0.25) is 11.6 Å². The van der Waals surface area contributed by atoms with Gasteiger partial charge in [-0.25, -0.2) is 4.68 Å². The molecule has 1 saturated heterocycles. The highest BCUT2D eigenvalue weighted by Gasteiger charge is 2.19. The summed E-state index contributed by atoms with van der Waals surface area (Å²) in [4.78, 5) is 4.87. The fourth-order valence-electron chi connectivity index (χ4n) is 3.64. The summed E-state index contributed by atoms with van der Waals surface area (Å²) in [6, 6.07) is 12.1. The number of ether oxygens (including phenoxy) is 2. The van der Waals surface area contributed by atoms with E-state index in [0.717, 1.165) is 61.3 Å². The summed E-state index contributed by atoms with van der Waals surface area (Å²) in [7, 11) is 0. The van der Waals surface area contributed by atoms with Crippen LogP contribution in [0.4, 0.5) is 0 Å². The van der Waals surface area contributed by atoms with Crippen LogP contribution in [-0.4, -0.2) is 57.0 Å². The van der Waals surface area contributed by atoms with Crippen LogP contribution in [0.2, 0.25) is 0 Å². The fourth-order valence-corrected chi connectivity index (χ4v) is 3.89. The van der Waals surface area contributed by atoms with Crippen molar-refractivity contribution >= 4 is 17.9 Å². The zero-order valence-electron chi connectivity index (χ0n) is 15.0. The highest BCUT2D eigenvalue weighted by molar-refractivity contribution is 7.71. The van der Waals surface area contributed by atoms with Gasteiger partial charge in [0.25, 0.3) is 0 Å². The molecule has 140 valence electrons. The average Bonchev–Trinajstić information content (AvgIpc) is 3.28. The maximum absolute atomic E-state index is 5.55. The lowest BCUT2D eigenvalue weighted by atomic mass is 10.1. The van der Waals surface area contributed by atoms with E-state index in [1.165, 1.54) is 5.56 Å². The lowest BCUT2D eigenvalue weighted by Gasteiger charge is -2.34. The summed E-state index contributed by atoms with van der Waals surface area (Å²) < 4.78 is 15.5. The van der Waals surface area contributed by atoms with Crippen molar-refractivity contribution in [2.24, 2.45) is 0 Å². The second kappa shape index (κ2) is 6.95. The Morgan fingerprint density at radius 1 is 0.963 bits per heavy atom. The second-order valence-corrected chi connectivity index (χ2v) is 7.30. The molecule has 0 radical (unpaired) electrons. The Balaban J connectivity index is 1.20. The third kappa shape index (κ3) is 3.31. The number of fused-ring (bicyclic) bond motifs is 2. The third-order valence-corrected chi connectivity index (χ3v) is 5.54. The SMILES string of the molecule is S=c1n(CN2CCN(Cc3ccc4c(c3)OCO4)CC2)nc2ccccn12. The van der Waals surface area contributed by atoms with Crippen LogP contribution < -0.4 is 9.47 Å². The van der Waals surface area contributed by atoms with Gasteiger partial charge in [0.1, 0.15) is 0 Å². The summed E-state index contributed by atoms with van der Waals surface area (Å²) in [5.41, 5.74) is 2.15. The Labute approximate surface area is 162 Å². The minimum absolute atomic E-state index is 0.322. The van der Waals surface area contributed by atoms with Crippen molar-refractivity contribution in [1.29, 1.82) is 0 Å². The van der Waals surface area contributed by atoms with Crippen LogP contribution >= 0.6 is 12.2 Å². The van der Waals surface area contributed by atoms with E-state index in [-0.39, 0.29) is 0 Å². The minimum atomic E-state index is 0.322. The lowest BCUT2D eigenvalue weighted by Crippen LogP contribution is -2.46. The molecule has 5 rings (SSSR count). The smallest absolute Gasteiger partial charge is 0.231 e. The molecule has 2 aromatic heterocycles. The fraction of sp³-hybridized carbons (Fsp3) is 0.368. The Kier molecular flexibility index (Phi) is 4.31. The maximum atomic E-state index is 5.55. The van der Waals surface area contributed by atoms with Crippen molar-refractivity contribution in [3.63, 3.8) is 0 Å². The predicted octanol–water partition coefficient (Wildman–Crippen LogP) is 2.37. The first-order valence-corrected chi connectivity index (χ1v) is 9.54. The molecule has 0 N–H and O–H groups in total. The summed E-state index contributed by atoms with van der Waals surface area (Å²) in [5.74, 6) is 1.69. The van der Waals surface area contributed by atoms with E-state index in [2.05, 4.69) is 27.0 Å². The van der Waals surface area contributed by atoms with Crippen molar-refractivity contribution in [2.75, 3.05) is 33.0 Å². The van der Waals surface area contributed by atoms with Gasteiger partial charge in [-0.15, -0.1) is 0 Å². The van der Waals surface area contributed by atoms with E-state index in [4.69, 9.17) is 21.7 Å².